The number of aliphatic carboxylic acids is 3. The molecule has 0 amide bonds. The SMILES string of the molecule is CCCCCCCC(=O)O.CCCCCCCC/C=C\CCCCCCCC(=O)[O-].CCCCCCCC/C=C\CCCCCCCC(=O)[O-].[Mg+2]. The molecule has 0 spiro atoms. The largest absolute Gasteiger partial charge is 2.00 e. The van der Waals surface area contributed by atoms with Crippen molar-refractivity contribution in [3.8, 4) is 0 Å². The van der Waals surface area contributed by atoms with E-state index in [-0.39, 0.29) is 35.9 Å². The first-order valence-electron chi connectivity index (χ1n) is 21.2. The minimum absolute atomic E-state index is 0. The molecule has 296 valence electrons. The van der Waals surface area contributed by atoms with Gasteiger partial charge in [0.05, 0.1) is 0 Å². The summed E-state index contributed by atoms with van der Waals surface area (Å²) in [4.78, 5) is 30.5. The molecule has 7 heteroatoms. The van der Waals surface area contributed by atoms with Crippen molar-refractivity contribution in [2.45, 2.75) is 239 Å². The maximum absolute atomic E-state index is 10.2. The number of carboxylic acid groups (broad SMARTS) is 3. The fourth-order valence-corrected chi connectivity index (χ4v) is 5.56. The van der Waals surface area contributed by atoms with E-state index in [1.165, 1.54) is 148 Å². The molecule has 0 heterocycles. The van der Waals surface area contributed by atoms with Crippen LogP contribution in [-0.4, -0.2) is 46.1 Å². The Hall–Kier alpha value is -1.34. The maximum Gasteiger partial charge on any atom is 2.00 e. The van der Waals surface area contributed by atoms with Gasteiger partial charge in [0.2, 0.25) is 0 Å². The first kappa shape index (κ1) is 56.4. The molecule has 0 rings (SSSR count). The Bertz CT molecular complexity index is 702. The molecule has 0 atom stereocenters. The molecule has 6 nitrogen and oxygen atoms in total. The third-order valence-corrected chi connectivity index (χ3v) is 8.78. The van der Waals surface area contributed by atoms with Gasteiger partial charge in [0.15, 0.2) is 0 Å². The number of allylic oxidation sites excluding steroid dienone is 4. The number of rotatable bonds is 36. The summed E-state index contributed by atoms with van der Waals surface area (Å²) in [5, 5.41) is 28.7. The first-order valence-corrected chi connectivity index (χ1v) is 21.2. The van der Waals surface area contributed by atoms with Crippen molar-refractivity contribution < 1.29 is 29.7 Å². The van der Waals surface area contributed by atoms with Crippen molar-refractivity contribution >= 4 is 41.0 Å². The van der Waals surface area contributed by atoms with Crippen LogP contribution in [0, 0.1) is 0 Å². The average Bonchev–Trinajstić information content (AvgIpc) is 3.08. The van der Waals surface area contributed by atoms with E-state index >= 15 is 0 Å². The molecule has 51 heavy (non-hydrogen) atoms. The van der Waals surface area contributed by atoms with Gasteiger partial charge >= 0.3 is 29.0 Å². The Morgan fingerprint density at radius 1 is 0.373 bits per heavy atom. The van der Waals surface area contributed by atoms with Crippen LogP contribution < -0.4 is 10.2 Å². The minimum atomic E-state index is -0.914. The number of carboxylic acids is 3. The van der Waals surface area contributed by atoms with Crippen LogP contribution in [0.1, 0.15) is 239 Å². The van der Waals surface area contributed by atoms with E-state index in [1.54, 1.807) is 0 Å². The number of carbonyl (C=O) groups is 3. The fraction of sp³-hybridized carbons (Fsp3) is 0.841. The predicted octanol–water partition coefficient (Wildman–Crippen LogP) is 11.6. The minimum Gasteiger partial charge on any atom is -0.550 e. The zero-order chi connectivity index (χ0) is 37.6. The Balaban J connectivity index is -0.000000340. The topological polar surface area (TPSA) is 118 Å². The van der Waals surface area contributed by atoms with Crippen molar-refractivity contribution in [1.82, 2.24) is 0 Å². The molecular weight excluding hydrogens is 649 g/mol. The fourth-order valence-electron chi connectivity index (χ4n) is 5.56. The van der Waals surface area contributed by atoms with E-state index in [2.05, 4.69) is 45.1 Å². The third-order valence-electron chi connectivity index (χ3n) is 8.78. The van der Waals surface area contributed by atoms with Crippen LogP contribution >= 0.6 is 0 Å². The van der Waals surface area contributed by atoms with Gasteiger partial charge in [0, 0.05) is 18.4 Å². The quantitative estimate of drug-likeness (QED) is 0.0389. The molecule has 0 aliphatic rings. The maximum atomic E-state index is 10.2. The van der Waals surface area contributed by atoms with E-state index in [0.29, 0.717) is 6.42 Å². The van der Waals surface area contributed by atoms with Crippen LogP contribution in [0.25, 0.3) is 0 Å². The molecule has 0 saturated carbocycles. The van der Waals surface area contributed by atoms with Crippen molar-refractivity contribution in [2.24, 2.45) is 0 Å². The van der Waals surface area contributed by atoms with E-state index in [9.17, 15) is 24.6 Å². The number of unbranched alkanes of at least 4 members (excludes halogenated alkanes) is 26. The average molecular weight is 731 g/mol. The first-order chi connectivity index (χ1) is 24.3. The molecule has 1 N–H and O–H groups in total. The summed E-state index contributed by atoms with van der Waals surface area (Å²) >= 11 is 0. The van der Waals surface area contributed by atoms with Crippen LogP contribution in [-0.2, 0) is 14.4 Å². The van der Waals surface area contributed by atoms with E-state index in [4.69, 9.17) is 5.11 Å². The summed E-state index contributed by atoms with van der Waals surface area (Å²) in [5.74, 6) is -2.50. The second-order valence-corrected chi connectivity index (χ2v) is 14.0. The van der Waals surface area contributed by atoms with Gasteiger partial charge in [0.1, 0.15) is 0 Å². The summed E-state index contributed by atoms with van der Waals surface area (Å²) in [6, 6.07) is 0. The van der Waals surface area contributed by atoms with Gasteiger partial charge < -0.3 is 24.9 Å². The summed E-state index contributed by atoms with van der Waals surface area (Å²) in [7, 11) is 0. The van der Waals surface area contributed by atoms with Crippen LogP contribution in [0.15, 0.2) is 24.3 Å². The van der Waals surface area contributed by atoms with E-state index < -0.39 is 17.9 Å². The van der Waals surface area contributed by atoms with Crippen LogP contribution in [0.2, 0.25) is 0 Å². The second kappa shape index (κ2) is 53.0. The Labute approximate surface area is 332 Å². The summed E-state index contributed by atoms with van der Waals surface area (Å²) in [6.45, 7) is 6.66. The van der Waals surface area contributed by atoms with Crippen molar-refractivity contribution in [3.63, 3.8) is 0 Å². The van der Waals surface area contributed by atoms with Gasteiger partial charge in [0.25, 0.3) is 0 Å². The summed E-state index contributed by atoms with van der Waals surface area (Å²) in [5.41, 5.74) is 0. The third kappa shape index (κ3) is 67.3. The molecular formula is C44H82MgO6. The molecule has 0 radical (unpaired) electrons. The smallest absolute Gasteiger partial charge is 0.550 e. The summed E-state index contributed by atoms with van der Waals surface area (Å²) < 4.78 is 0. The monoisotopic (exact) mass is 731 g/mol. The van der Waals surface area contributed by atoms with Gasteiger partial charge in [-0.05, 0) is 83.5 Å². The second-order valence-electron chi connectivity index (χ2n) is 14.0. The molecule has 0 aromatic heterocycles. The Morgan fingerprint density at radius 2 is 0.588 bits per heavy atom. The zero-order valence-corrected chi connectivity index (χ0v) is 35.5. The van der Waals surface area contributed by atoms with Gasteiger partial charge in [-0.3, -0.25) is 4.79 Å². The van der Waals surface area contributed by atoms with E-state index in [1.807, 2.05) is 0 Å². The normalized spacial score (nSPS) is 10.7. The van der Waals surface area contributed by atoms with Crippen LogP contribution in [0.5, 0.6) is 0 Å². The van der Waals surface area contributed by atoms with Gasteiger partial charge in [-0.25, -0.2) is 0 Å². The van der Waals surface area contributed by atoms with E-state index in [0.717, 1.165) is 51.4 Å². The molecule has 0 aromatic rings. The zero-order valence-electron chi connectivity index (χ0n) is 34.0. The molecule has 0 aliphatic heterocycles. The molecule has 0 saturated heterocycles. The standard InChI is InChI=1S/2C18H34O2.C8H16O2.Mg/c2*1-2-3-4-5-6-7-8-9-10-11-12-13-14-15-16-17-18(19)20;1-2-3-4-5-6-7-8(9)10;/h2*9-10H,2-8,11-17H2,1H3,(H,19,20);2-7H2,1H3,(H,9,10);/q;;;+2/p-2/b2*10-9-;;. The Morgan fingerprint density at radius 3 is 0.824 bits per heavy atom. The molecule has 0 fully saturated rings. The van der Waals surface area contributed by atoms with Crippen LogP contribution in [0.4, 0.5) is 0 Å². The number of carbonyl (C=O) groups excluding carboxylic acids is 2. The number of hydrogen-bond acceptors (Lipinski definition) is 5. The Kier molecular flexibility index (Phi) is 58.6. The van der Waals surface area contributed by atoms with Crippen molar-refractivity contribution in [2.75, 3.05) is 0 Å². The van der Waals surface area contributed by atoms with Gasteiger partial charge in [-0.15, -0.1) is 0 Å². The van der Waals surface area contributed by atoms with Gasteiger partial charge in [-0.1, -0.05) is 173 Å². The van der Waals surface area contributed by atoms with Crippen molar-refractivity contribution in [1.29, 1.82) is 0 Å². The van der Waals surface area contributed by atoms with Gasteiger partial charge in [-0.2, -0.15) is 0 Å². The molecule has 0 unspecified atom stereocenters. The van der Waals surface area contributed by atoms with Crippen molar-refractivity contribution in [3.05, 3.63) is 24.3 Å². The summed E-state index contributed by atoms with van der Waals surface area (Å²) in [6.07, 6.45) is 47.7. The molecule has 0 aliphatic carbocycles. The molecule has 0 aromatic carbocycles. The van der Waals surface area contributed by atoms with Crippen LogP contribution in [0.3, 0.4) is 0 Å². The molecule has 0 bridgehead atoms. The number of hydrogen-bond donors (Lipinski definition) is 1. The predicted molar refractivity (Wildman–Crippen MR) is 216 cm³/mol.